The molecule has 0 saturated carbocycles. The fourth-order valence-electron chi connectivity index (χ4n) is 1.93. The number of aromatic amines is 1. The van der Waals surface area contributed by atoms with Gasteiger partial charge in [-0.1, -0.05) is 41.2 Å². The summed E-state index contributed by atoms with van der Waals surface area (Å²) in [6, 6.07) is 6.00. The zero-order chi connectivity index (χ0) is 13.6. The van der Waals surface area contributed by atoms with E-state index < -0.39 is 0 Å². The Balaban J connectivity index is 2.17. The molecule has 0 spiro atoms. The van der Waals surface area contributed by atoms with Crippen LogP contribution in [0.3, 0.4) is 0 Å². The maximum absolute atomic E-state index is 4.62. The van der Waals surface area contributed by atoms with Crippen LogP contribution in [0.1, 0.15) is 26.5 Å². The van der Waals surface area contributed by atoms with Gasteiger partial charge in [-0.2, -0.15) is 0 Å². The zero-order valence-corrected chi connectivity index (χ0v) is 13.3. The van der Waals surface area contributed by atoms with Crippen molar-refractivity contribution in [2.24, 2.45) is 0 Å². The van der Waals surface area contributed by atoms with Crippen LogP contribution in [0.5, 0.6) is 0 Å². The average Bonchev–Trinajstić information content (AvgIpc) is 2.92. The van der Waals surface area contributed by atoms with Gasteiger partial charge in [-0.3, -0.25) is 0 Å². The van der Waals surface area contributed by atoms with Gasteiger partial charge in [0.15, 0.2) is 5.82 Å². The molecule has 0 aliphatic heterocycles. The Labute approximate surface area is 123 Å². The molecule has 98 valence electrons. The number of imidazole rings is 1. The molecule has 0 aliphatic carbocycles. The fraction of sp³-hybridized carbons (Fsp3) is 0.308. The van der Waals surface area contributed by atoms with Gasteiger partial charge in [-0.05, 0) is 29.7 Å². The van der Waals surface area contributed by atoms with Gasteiger partial charge in [0.25, 0.3) is 0 Å². The number of nitrogens with one attached hydrogen (secondary N) is 1. The van der Waals surface area contributed by atoms with Gasteiger partial charge in [0.05, 0.1) is 16.7 Å². The molecule has 0 atom stereocenters. The average molecular weight is 337 g/mol. The second-order valence-corrected chi connectivity index (χ2v) is 7.12. The van der Waals surface area contributed by atoms with Crippen molar-refractivity contribution in [2.75, 3.05) is 0 Å². The summed E-state index contributed by atoms with van der Waals surface area (Å²) in [4.78, 5) is 8.98. The molecule has 3 rings (SSSR count). The van der Waals surface area contributed by atoms with E-state index in [1.165, 1.54) is 11.5 Å². The third kappa shape index (κ3) is 2.30. The van der Waals surface area contributed by atoms with Gasteiger partial charge in [0.2, 0.25) is 0 Å². The SMILES string of the molecule is CC(C)(C)c1nnsc1-c1nc2ccc(Br)cc2[nH]1. The molecule has 1 N–H and O–H groups in total. The lowest BCUT2D eigenvalue weighted by atomic mass is 9.91. The maximum Gasteiger partial charge on any atom is 0.152 e. The fourth-order valence-corrected chi connectivity index (χ4v) is 3.11. The Bertz CT molecular complexity index is 739. The Morgan fingerprint density at radius 2 is 2.05 bits per heavy atom. The van der Waals surface area contributed by atoms with Crippen molar-refractivity contribution in [1.82, 2.24) is 19.6 Å². The first kappa shape index (κ1) is 12.7. The van der Waals surface area contributed by atoms with Crippen LogP contribution in [-0.4, -0.2) is 19.6 Å². The molecule has 3 aromatic rings. The van der Waals surface area contributed by atoms with Crippen molar-refractivity contribution < 1.29 is 0 Å². The van der Waals surface area contributed by atoms with E-state index in [9.17, 15) is 0 Å². The molecular formula is C13H13BrN4S. The number of hydrogen-bond acceptors (Lipinski definition) is 4. The van der Waals surface area contributed by atoms with Gasteiger partial charge in [0, 0.05) is 9.89 Å². The molecule has 0 fully saturated rings. The van der Waals surface area contributed by atoms with E-state index in [-0.39, 0.29) is 5.41 Å². The summed E-state index contributed by atoms with van der Waals surface area (Å²) in [5.41, 5.74) is 2.90. The molecule has 0 unspecified atom stereocenters. The molecular weight excluding hydrogens is 324 g/mol. The van der Waals surface area contributed by atoms with Crippen LogP contribution in [0.4, 0.5) is 0 Å². The second kappa shape index (κ2) is 4.38. The molecule has 6 heteroatoms. The van der Waals surface area contributed by atoms with Gasteiger partial charge in [-0.25, -0.2) is 4.98 Å². The third-order valence-corrected chi connectivity index (χ3v) is 4.08. The Kier molecular flexibility index (Phi) is 2.94. The lowest BCUT2D eigenvalue weighted by molar-refractivity contribution is 0.568. The number of rotatable bonds is 1. The predicted molar refractivity (Wildman–Crippen MR) is 81.4 cm³/mol. The van der Waals surface area contributed by atoms with E-state index in [1.807, 2.05) is 18.2 Å². The number of hydrogen-bond donors (Lipinski definition) is 1. The van der Waals surface area contributed by atoms with E-state index in [0.717, 1.165) is 31.9 Å². The normalized spacial score (nSPS) is 12.2. The van der Waals surface area contributed by atoms with Crippen molar-refractivity contribution in [1.29, 1.82) is 0 Å². The minimum atomic E-state index is -0.0398. The number of benzene rings is 1. The van der Waals surface area contributed by atoms with E-state index in [0.29, 0.717) is 0 Å². The molecule has 4 nitrogen and oxygen atoms in total. The van der Waals surface area contributed by atoms with Gasteiger partial charge in [-0.15, -0.1) is 5.10 Å². The molecule has 0 aliphatic rings. The maximum atomic E-state index is 4.62. The highest BCUT2D eigenvalue weighted by molar-refractivity contribution is 9.10. The van der Waals surface area contributed by atoms with Gasteiger partial charge >= 0.3 is 0 Å². The van der Waals surface area contributed by atoms with Crippen LogP contribution in [0.15, 0.2) is 22.7 Å². The minimum Gasteiger partial charge on any atom is -0.337 e. The van der Waals surface area contributed by atoms with Crippen molar-refractivity contribution in [3.05, 3.63) is 28.4 Å². The molecule has 2 heterocycles. The summed E-state index contributed by atoms with van der Waals surface area (Å²) in [6.45, 7) is 6.39. The summed E-state index contributed by atoms with van der Waals surface area (Å²) in [7, 11) is 0. The lowest BCUT2D eigenvalue weighted by Gasteiger charge is -2.15. The molecule has 1 aromatic carbocycles. The first-order valence-electron chi connectivity index (χ1n) is 5.93. The summed E-state index contributed by atoms with van der Waals surface area (Å²) in [5, 5.41) is 4.25. The highest BCUT2D eigenvalue weighted by Crippen LogP contribution is 2.33. The van der Waals surface area contributed by atoms with Crippen LogP contribution in [-0.2, 0) is 5.41 Å². The molecule has 0 bridgehead atoms. The summed E-state index contributed by atoms with van der Waals surface area (Å²) in [6.07, 6.45) is 0. The van der Waals surface area contributed by atoms with Crippen LogP contribution >= 0.6 is 27.5 Å². The summed E-state index contributed by atoms with van der Waals surface area (Å²) >= 11 is 4.85. The predicted octanol–water partition coefficient (Wildman–Crippen LogP) is 4.14. The molecule has 0 amide bonds. The van der Waals surface area contributed by atoms with E-state index in [2.05, 4.69) is 56.3 Å². The number of H-pyrrole nitrogens is 1. The van der Waals surface area contributed by atoms with Crippen LogP contribution < -0.4 is 0 Å². The topological polar surface area (TPSA) is 54.5 Å². The molecule has 0 radical (unpaired) electrons. The van der Waals surface area contributed by atoms with Crippen molar-refractivity contribution in [3.63, 3.8) is 0 Å². The standard InChI is InChI=1S/C13H13BrN4S/c1-13(2,3)11-10(19-18-17-11)12-15-8-5-4-7(14)6-9(8)16-12/h4-6H,1-3H3,(H,15,16). The quantitative estimate of drug-likeness (QED) is 0.726. The first-order valence-corrected chi connectivity index (χ1v) is 7.50. The number of fused-ring (bicyclic) bond motifs is 1. The van der Waals surface area contributed by atoms with E-state index in [1.54, 1.807) is 0 Å². The smallest absolute Gasteiger partial charge is 0.152 e. The summed E-state index contributed by atoms with van der Waals surface area (Å²) < 4.78 is 5.11. The highest BCUT2D eigenvalue weighted by Gasteiger charge is 2.24. The van der Waals surface area contributed by atoms with E-state index >= 15 is 0 Å². The molecule has 19 heavy (non-hydrogen) atoms. The van der Waals surface area contributed by atoms with Crippen LogP contribution in [0.25, 0.3) is 21.7 Å². The monoisotopic (exact) mass is 336 g/mol. The Morgan fingerprint density at radius 3 is 2.79 bits per heavy atom. The number of nitrogens with zero attached hydrogens (tertiary/aromatic N) is 3. The van der Waals surface area contributed by atoms with Crippen LogP contribution in [0, 0.1) is 0 Å². The van der Waals surface area contributed by atoms with Crippen molar-refractivity contribution in [3.8, 4) is 10.7 Å². The zero-order valence-electron chi connectivity index (χ0n) is 10.9. The second-order valence-electron chi connectivity index (χ2n) is 5.45. The molecule has 0 saturated heterocycles. The highest BCUT2D eigenvalue weighted by atomic mass is 79.9. The molecule has 2 aromatic heterocycles. The number of aromatic nitrogens is 4. The summed E-state index contributed by atoms with van der Waals surface area (Å²) in [5.74, 6) is 0.841. The Hall–Kier alpha value is -1.27. The Morgan fingerprint density at radius 1 is 1.26 bits per heavy atom. The van der Waals surface area contributed by atoms with Crippen LogP contribution in [0.2, 0.25) is 0 Å². The largest absolute Gasteiger partial charge is 0.337 e. The number of halogens is 1. The lowest BCUT2D eigenvalue weighted by Crippen LogP contribution is -2.13. The minimum absolute atomic E-state index is 0.0398. The van der Waals surface area contributed by atoms with E-state index in [4.69, 9.17) is 0 Å². The van der Waals surface area contributed by atoms with Gasteiger partial charge in [0.1, 0.15) is 4.88 Å². The van der Waals surface area contributed by atoms with Crippen molar-refractivity contribution in [2.45, 2.75) is 26.2 Å². The first-order chi connectivity index (χ1) is 8.95. The van der Waals surface area contributed by atoms with Gasteiger partial charge < -0.3 is 4.98 Å². The third-order valence-electron chi connectivity index (χ3n) is 2.86. The van der Waals surface area contributed by atoms with Crippen molar-refractivity contribution >= 4 is 38.5 Å².